The summed E-state index contributed by atoms with van der Waals surface area (Å²) in [4.78, 5) is 42.3. The summed E-state index contributed by atoms with van der Waals surface area (Å²) in [6.45, 7) is 2.67. The number of alkyl halides is 2. The molecule has 0 bridgehead atoms. The zero-order valence-electron chi connectivity index (χ0n) is 23.3. The molecule has 3 saturated heterocycles. The summed E-state index contributed by atoms with van der Waals surface area (Å²) in [5.74, 6) is -3.43. The SMILES string of the molecule is O=C1CCN(N2Cc3cc(CN4CCC(N5CCN(c6noc7cc(F)ccc67)CC5)C(F)(F)C4)ccc3C2=O)C(=O)N1. The van der Waals surface area contributed by atoms with Crippen LogP contribution in [0.4, 0.5) is 23.8 Å². The van der Waals surface area contributed by atoms with Crippen molar-refractivity contribution in [2.75, 3.05) is 50.7 Å². The van der Waals surface area contributed by atoms with Gasteiger partial charge in [-0.2, -0.15) is 0 Å². The Hall–Kier alpha value is -4.17. The van der Waals surface area contributed by atoms with Crippen LogP contribution >= 0.6 is 0 Å². The molecule has 1 atom stereocenters. The van der Waals surface area contributed by atoms with Gasteiger partial charge in [0.25, 0.3) is 11.8 Å². The molecule has 2 aromatic carbocycles. The Balaban J connectivity index is 0.959. The molecule has 0 aliphatic carbocycles. The Bertz CT molecular complexity index is 1610. The van der Waals surface area contributed by atoms with E-state index >= 15 is 8.78 Å². The van der Waals surface area contributed by atoms with E-state index < -0.39 is 23.8 Å². The van der Waals surface area contributed by atoms with E-state index in [0.29, 0.717) is 68.0 Å². The Morgan fingerprint density at radius 1 is 0.977 bits per heavy atom. The average molecular weight is 598 g/mol. The third-order valence-electron chi connectivity index (χ3n) is 8.79. The number of aromatic nitrogens is 1. The molecule has 43 heavy (non-hydrogen) atoms. The van der Waals surface area contributed by atoms with Gasteiger partial charge in [0, 0.05) is 57.3 Å². The van der Waals surface area contributed by atoms with Crippen LogP contribution in [0.2, 0.25) is 0 Å². The summed E-state index contributed by atoms with van der Waals surface area (Å²) in [5, 5.41) is 9.58. The van der Waals surface area contributed by atoms with Crippen LogP contribution in [0.5, 0.6) is 0 Å². The number of hydrogen-bond donors (Lipinski definition) is 1. The molecule has 0 spiro atoms. The monoisotopic (exact) mass is 597 g/mol. The lowest BCUT2D eigenvalue weighted by atomic mass is 9.97. The Labute approximate surface area is 244 Å². The highest BCUT2D eigenvalue weighted by Crippen LogP contribution is 2.35. The summed E-state index contributed by atoms with van der Waals surface area (Å²) >= 11 is 0. The molecule has 1 unspecified atom stereocenters. The van der Waals surface area contributed by atoms with E-state index in [1.54, 1.807) is 23.1 Å². The predicted octanol–water partition coefficient (Wildman–Crippen LogP) is 2.81. The van der Waals surface area contributed by atoms with E-state index in [1.165, 1.54) is 22.2 Å². The Kier molecular flexibility index (Phi) is 6.77. The molecule has 4 amide bonds. The second kappa shape index (κ2) is 10.5. The van der Waals surface area contributed by atoms with E-state index in [2.05, 4.69) is 10.5 Å². The van der Waals surface area contributed by atoms with Crippen molar-refractivity contribution in [2.24, 2.45) is 0 Å². The number of nitrogens with zero attached hydrogens (tertiary/aromatic N) is 6. The van der Waals surface area contributed by atoms with Crippen LogP contribution in [-0.4, -0.2) is 101 Å². The van der Waals surface area contributed by atoms with Gasteiger partial charge in [0.05, 0.1) is 31.1 Å². The van der Waals surface area contributed by atoms with E-state index in [0.717, 1.165) is 11.1 Å². The molecule has 3 fully saturated rings. The van der Waals surface area contributed by atoms with E-state index in [4.69, 9.17) is 4.52 Å². The lowest BCUT2D eigenvalue weighted by Crippen LogP contribution is -2.61. The number of hydrazine groups is 1. The number of anilines is 1. The molecule has 5 heterocycles. The highest BCUT2D eigenvalue weighted by atomic mass is 19.3. The van der Waals surface area contributed by atoms with Gasteiger partial charge in [0.15, 0.2) is 11.4 Å². The predicted molar refractivity (Wildman–Crippen MR) is 148 cm³/mol. The van der Waals surface area contributed by atoms with Gasteiger partial charge in [-0.1, -0.05) is 17.3 Å². The molecule has 0 saturated carbocycles. The van der Waals surface area contributed by atoms with Crippen LogP contribution in [0.1, 0.15) is 34.3 Å². The minimum atomic E-state index is -2.92. The summed E-state index contributed by atoms with van der Waals surface area (Å²) < 4.78 is 49.9. The molecular formula is C29H30F3N7O4. The minimum Gasteiger partial charge on any atom is -0.354 e. The lowest BCUT2D eigenvalue weighted by molar-refractivity contribution is -0.129. The number of nitrogens with one attached hydrogen (secondary N) is 1. The third kappa shape index (κ3) is 5.07. The number of hydrogen-bond acceptors (Lipinski definition) is 8. The third-order valence-corrected chi connectivity index (χ3v) is 8.79. The van der Waals surface area contributed by atoms with Gasteiger partial charge in [-0.25, -0.2) is 28.0 Å². The molecule has 3 aromatic rings. The summed E-state index contributed by atoms with van der Waals surface area (Å²) in [7, 11) is 0. The van der Waals surface area contributed by atoms with Gasteiger partial charge in [-0.15, -0.1) is 0 Å². The number of piperidine rings is 1. The van der Waals surface area contributed by atoms with Crippen LogP contribution in [0.15, 0.2) is 40.9 Å². The quantitative estimate of drug-likeness (QED) is 0.479. The van der Waals surface area contributed by atoms with Crippen molar-refractivity contribution < 1.29 is 32.1 Å². The molecule has 14 heteroatoms. The van der Waals surface area contributed by atoms with Crippen LogP contribution < -0.4 is 10.2 Å². The molecule has 0 radical (unpaired) electrons. The molecule has 11 nitrogen and oxygen atoms in total. The summed E-state index contributed by atoms with van der Waals surface area (Å²) in [6, 6.07) is 8.04. The van der Waals surface area contributed by atoms with Gasteiger partial charge < -0.3 is 9.42 Å². The first-order valence-electron chi connectivity index (χ1n) is 14.4. The van der Waals surface area contributed by atoms with Crippen LogP contribution in [0, 0.1) is 5.82 Å². The largest absolute Gasteiger partial charge is 0.354 e. The number of carbonyl (C=O) groups excluding carboxylic acids is 3. The molecule has 1 N–H and O–H groups in total. The number of fused-ring (bicyclic) bond motifs is 2. The van der Waals surface area contributed by atoms with E-state index in [-0.39, 0.29) is 37.9 Å². The van der Waals surface area contributed by atoms with Gasteiger partial charge in [-0.3, -0.25) is 24.7 Å². The molecule has 4 aliphatic heterocycles. The number of rotatable bonds is 5. The standard InChI is InChI=1S/C29H30F3N7O4/c30-20-2-4-22-23(14-20)43-34-26(22)37-11-9-36(10-12-37)24-5-7-35(17-29(24,31)32)15-18-1-3-21-19(13-18)16-39(27(21)41)38-8-6-25(40)33-28(38)42/h1-4,13-14,24H,5-12,15-17H2,(H,33,40,42). The van der Waals surface area contributed by atoms with Crippen molar-refractivity contribution in [3.05, 3.63) is 58.9 Å². The maximum atomic E-state index is 15.5. The van der Waals surface area contributed by atoms with Crippen molar-refractivity contribution >= 4 is 34.6 Å². The highest BCUT2D eigenvalue weighted by Gasteiger charge is 2.48. The number of carbonyl (C=O) groups is 3. The van der Waals surface area contributed by atoms with Crippen molar-refractivity contribution in [3.63, 3.8) is 0 Å². The molecule has 4 aliphatic rings. The number of likely N-dealkylation sites (tertiary alicyclic amines) is 1. The number of urea groups is 1. The van der Waals surface area contributed by atoms with Crippen molar-refractivity contribution in [2.45, 2.75) is 37.9 Å². The van der Waals surface area contributed by atoms with Gasteiger partial charge >= 0.3 is 6.03 Å². The van der Waals surface area contributed by atoms with Crippen LogP contribution in [0.25, 0.3) is 11.0 Å². The van der Waals surface area contributed by atoms with Gasteiger partial charge in [0.2, 0.25) is 5.91 Å². The number of imide groups is 1. The van der Waals surface area contributed by atoms with E-state index in [1.807, 2.05) is 15.9 Å². The summed E-state index contributed by atoms with van der Waals surface area (Å²) in [5.41, 5.74) is 2.35. The molecule has 7 rings (SSSR count). The summed E-state index contributed by atoms with van der Waals surface area (Å²) in [6.07, 6.45) is 0.428. The van der Waals surface area contributed by atoms with Crippen LogP contribution in [0.3, 0.4) is 0 Å². The first-order valence-corrected chi connectivity index (χ1v) is 14.4. The van der Waals surface area contributed by atoms with Crippen molar-refractivity contribution in [1.82, 2.24) is 30.3 Å². The smallest absolute Gasteiger partial charge is 0.342 e. The molecular weight excluding hydrogens is 567 g/mol. The van der Waals surface area contributed by atoms with Gasteiger partial charge in [-0.05, 0) is 35.7 Å². The fourth-order valence-electron chi connectivity index (χ4n) is 6.65. The second-order valence-electron chi connectivity index (χ2n) is 11.5. The van der Waals surface area contributed by atoms with Crippen molar-refractivity contribution in [1.29, 1.82) is 0 Å². The zero-order valence-corrected chi connectivity index (χ0v) is 23.3. The zero-order chi connectivity index (χ0) is 29.9. The first kappa shape index (κ1) is 27.7. The Morgan fingerprint density at radius 3 is 2.56 bits per heavy atom. The number of piperazine rings is 1. The Morgan fingerprint density at radius 2 is 1.79 bits per heavy atom. The van der Waals surface area contributed by atoms with Crippen molar-refractivity contribution in [3.8, 4) is 0 Å². The average Bonchev–Trinajstić information content (AvgIpc) is 3.53. The second-order valence-corrected chi connectivity index (χ2v) is 11.5. The fourth-order valence-corrected chi connectivity index (χ4v) is 6.65. The van der Waals surface area contributed by atoms with E-state index in [9.17, 15) is 18.8 Å². The molecule has 226 valence electrons. The highest BCUT2D eigenvalue weighted by molar-refractivity contribution is 6.02. The lowest BCUT2D eigenvalue weighted by Gasteiger charge is -2.46. The van der Waals surface area contributed by atoms with Crippen LogP contribution in [-0.2, 0) is 17.9 Å². The minimum absolute atomic E-state index is 0.109. The molecule has 1 aromatic heterocycles. The number of halogens is 3. The topological polar surface area (TPSA) is 105 Å². The number of amides is 4. The first-order chi connectivity index (χ1) is 20.7. The fraction of sp³-hybridized carbons (Fsp3) is 0.448. The maximum Gasteiger partial charge on any atom is 0.342 e. The normalized spacial score (nSPS) is 23.3. The number of benzene rings is 2. The van der Waals surface area contributed by atoms with Gasteiger partial charge in [0.1, 0.15) is 5.82 Å². The maximum absolute atomic E-state index is 15.5.